The van der Waals surface area contributed by atoms with E-state index in [1.165, 1.54) is 25.7 Å². The van der Waals surface area contributed by atoms with Crippen molar-refractivity contribution in [3.05, 3.63) is 12.3 Å². The summed E-state index contributed by atoms with van der Waals surface area (Å²) in [7, 11) is 1.84. The molecule has 4 heteroatoms. The number of anilines is 2. The summed E-state index contributed by atoms with van der Waals surface area (Å²) in [5, 5.41) is 6.57. The van der Waals surface area contributed by atoms with Crippen molar-refractivity contribution in [2.45, 2.75) is 45.6 Å². The first-order valence-electron chi connectivity index (χ1n) is 6.98. The number of aromatic nitrogens is 2. The third kappa shape index (κ3) is 3.12. The van der Waals surface area contributed by atoms with E-state index in [9.17, 15) is 0 Å². The molecule has 4 nitrogen and oxygen atoms in total. The maximum Gasteiger partial charge on any atom is 0.224 e. The highest BCUT2D eigenvalue weighted by Crippen LogP contribution is 2.31. The van der Waals surface area contributed by atoms with Crippen molar-refractivity contribution in [3.63, 3.8) is 0 Å². The van der Waals surface area contributed by atoms with Crippen molar-refractivity contribution < 1.29 is 0 Å². The summed E-state index contributed by atoms with van der Waals surface area (Å²) >= 11 is 0. The number of rotatable bonds is 4. The molecule has 2 atom stereocenters. The first-order chi connectivity index (χ1) is 8.70. The van der Waals surface area contributed by atoms with Crippen molar-refractivity contribution in [3.8, 4) is 0 Å². The molecule has 0 bridgehead atoms. The standard InChI is InChI=1S/C14H24N4/c1-10(2)11-6-4-5-7-12(11)17-13-8-9-16-14(15-3)18-13/h8-12H,4-7H2,1-3H3,(H2,15,16,17,18). The van der Waals surface area contributed by atoms with E-state index in [0.29, 0.717) is 12.0 Å². The fraction of sp³-hybridized carbons (Fsp3) is 0.714. The van der Waals surface area contributed by atoms with Crippen LogP contribution in [0.2, 0.25) is 0 Å². The van der Waals surface area contributed by atoms with Gasteiger partial charge in [-0.3, -0.25) is 0 Å². The van der Waals surface area contributed by atoms with Crippen molar-refractivity contribution in [2.24, 2.45) is 11.8 Å². The Hall–Kier alpha value is -1.32. The van der Waals surface area contributed by atoms with Gasteiger partial charge in [-0.05, 0) is 30.7 Å². The van der Waals surface area contributed by atoms with Gasteiger partial charge in [-0.2, -0.15) is 4.98 Å². The van der Waals surface area contributed by atoms with Gasteiger partial charge in [0.25, 0.3) is 0 Å². The summed E-state index contributed by atoms with van der Waals surface area (Å²) in [4.78, 5) is 8.59. The molecule has 0 saturated heterocycles. The lowest BCUT2D eigenvalue weighted by Crippen LogP contribution is -2.35. The van der Waals surface area contributed by atoms with Gasteiger partial charge in [0, 0.05) is 19.3 Å². The predicted molar refractivity (Wildman–Crippen MR) is 75.8 cm³/mol. The maximum absolute atomic E-state index is 4.45. The monoisotopic (exact) mass is 248 g/mol. The Morgan fingerprint density at radius 3 is 2.78 bits per heavy atom. The third-order valence-corrected chi connectivity index (χ3v) is 3.89. The second kappa shape index (κ2) is 6.03. The van der Waals surface area contributed by atoms with Gasteiger partial charge in [0.15, 0.2) is 0 Å². The number of hydrogen-bond acceptors (Lipinski definition) is 4. The average molecular weight is 248 g/mol. The van der Waals surface area contributed by atoms with Gasteiger partial charge in [-0.25, -0.2) is 4.98 Å². The summed E-state index contributed by atoms with van der Waals surface area (Å²) in [5.74, 6) is 3.10. The molecule has 2 N–H and O–H groups in total. The molecule has 0 spiro atoms. The zero-order valence-electron chi connectivity index (χ0n) is 11.6. The third-order valence-electron chi connectivity index (χ3n) is 3.89. The molecule has 1 heterocycles. The zero-order chi connectivity index (χ0) is 13.0. The van der Waals surface area contributed by atoms with Crippen LogP contribution in [0.5, 0.6) is 0 Å². The van der Waals surface area contributed by atoms with Crippen LogP contribution < -0.4 is 10.6 Å². The van der Waals surface area contributed by atoms with Crippen LogP contribution in [0, 0.1) is 11.8 Å². The minimum atomic E-state index is 0.554. The lowest BCUT2D eigenvalue weighted by atomic mass is 9.78. The Balaban J connectivity index is 2.05. The zero-order valence-corrected chi connectivity index (χ0v) is 11.6. The molecule has 1 aromatic heterocycles. The summed E-state index contributed by atoms with van der Waals surface area (Å²) in [5.41, 5.74) is 0. The molecule has 1 aromatic rings. The lowest BCUT2D eigenvalue weighted by molar-refractivity contribution is 0.253. The van der Waals surface area contributed by atoms with Gasteiger partial charge in [0.05, 0.1) is 0 Å². The number of nitrogens with one attached hydrogen (secondary N) is 2. The second-order valence-corrected chi connectivity index (χ2v) is 5.46. The van der Waals surface area contributed by atoms with Crippen LogP contribution in [-0.4, -0.2) is 23.1 Å². The quantitative estimate of drug-likeness (QED) is 0.859. The molecule has 0 amide bonds. The highest BCUT2D eigenvalue weighted by molar-refractivity contribution is 5.40. The fourth-order valence-electron chi connectivity index (χ4n) is 2.89. The molecule has 1 fully saturated rings. The van der Waals surface area contributed by atoms with E-state index in [-0.39, 0.29) is 0 Å². The van der Waals surface area contributed by atoms with Crippen molar-refractivity contribution in [1.82, 2.24) is 9.97 Å². The van der Waals surface area contributed by atoms with Gasteiger partial charge in [-0.15, -0.1) is 0 Å². The Bertz CT molecular complexity index is 378. The van der Waals surface area contributed by atoms with Gasteiger partial charge >= 0.3 is 0 Å². The SMILES string of the molecule is CNc1nccc(NC2CCCCC2C(C)C)n1. The molecule has 1 aliphatic rings. The summed E-state index contributed by atoms with van der Waals surface area (Å²) in [6, 6.07) is 2.51. The molecule has 0 radical (unpaired) electrons. The molecule has 2 unspecified atom stereocenters. The largest absolute Gasteiger partial charge is 0.367 e. The van der Waals surface area contributed by atoms with Crippen molar-refractivity contribution >= 4 is 11.8 Å². The first kappa shape index (κ1) is 13.1. The molecular weight excluding hydrogens is 224 g/mol. The maximum atomic E-state index is 4.45. The van der Waals surface area contributed by atoms with Crippen LogP contribution in [0.1, 0.15) is 39.5 Å². The fourth-order valence-corrected chi connectivity index (χ4v) is 2.89. The van der Waals surface area contributed by atoms with Crippen LogP contribution in [0.15, 0.2) is 12.3 Å². The Morgan fingerprint density at radius 1 is 1.28 bits per heavy atom. The Kier molecular flexibility index (Phi) is 4.39. The highest BCUT2D eigenvalue weighted by atomic mass is 15.1. The van der Waals surface area contributed by atoms with Crippen LogP contribution in [-0.2, 0) is 0 Å². The van der Waals surface area contributed by atoms with E-state index in [2.05, 4.69) is 34.4 Å². The molecule has 100 valence electrons. The van der Waals surface area contributed by atoms with Gasteiger partial charge in [-0.1, -0.05) is 26.7 Å². The number of nitrogens with zero attached hydrogens (tertiary/aromatic N) is 2. The van der Waals surface area contributed by atoms with Gasteiger partial charge < -0.3 is 10.6 Å². The molecule has 0 aromatic carbocycles. The minimum absolute atomic E-state index is 0.554. The molecule has 18 heavy (non-hydrogen) atoms. The van der Waals surface area contributed by atoms with E-state index in [1.807, 2.05) is 13.1 Å². The van der Waals surface area contributed by atoms with Crippen LogP contribution in [0.4, 0.5) is 11.8 Å². The molecule has 1 aliphatic carbocycles. The van der Waals surface area contributed by atoms with Crippen LogP contribution in [0.3, 0.4) is 0 Å². The highest BCUT2D eigenvalue weighted by Gasteiger charge is 2.27. The summed E-state index contributed by atoms with van der Waals surface area (Å²) in [6.07, 6.45) is 7.08. The minimum Gasteiger partial charge on any atom is -0.367 e. The Morgan fingerprint density at radius 2 is 2.06 bits per heavy atom. The van der Waals surface area contributed by atoms with Gasteiger partial charge in [0.1, 0.15) is 5.82 Å². The number of hydrogen-bond donors (Lipinski definition) is 2. The predicted octanol–water partition coefficient (Wildman–Crippen LogP) is 3.15. The van der Waals surface area contributed by atoms with E-state index < -0.39 is 0 Å². The molecule has 1 saturated carbocycles. The molecule has 0 aliphatic heterocycles. The van der Waals surface area contributed by atoms with Crippen molar-refractivity contribution in [2.75, 3.05) is 17.7 Å². The molecule has 2 rings (SSSR count). The summed E-state index contributed by atoms with van der Waals surface area (Å²) in [6.45, 7) is 4.65. The van der Waals surface area contributed by atoms with Gasteiger partial charge in [0.2, 0.25) is 5.95 Å². The molecular formula is C14H24N4. The van der Waals surface area contributed by atoms with E-state index in [1.54, 1.807) is 6.20 Å². The summed E-state index contributed by atoms with van der Waals surface area (Å²) < 4.78 is 0. The Labute approximate surface area is 110 Å². The first-order valence-corrected chi connectivity index (χ1v) is 6.98. The van der Waals surface area contributed by atoms with Crippen LogP contribution >= 0.6 is 0 Å². The van der Waals surface area contributed by atoms with E-state index in [0.717, 1.165) is 17.7 Å². The van der Waals surface area contributed by atoms with Crippen molar-refractivity contribution in [1.29, 1.82) is 0 Å². The lowest BCUT2D eigenvalue weighted by Gasteiger charge is -2.35. The van der Waals surface area contributed by atoms with E-state index in [4.69, 9.17) is 0 Å². The average Bonchev–Trinajstić information content (AvgIpc) is 2.39. The topological polar surface area (TPSA) is 49.8 Å². The second-order valence-electron chi connectivity index (χ2n) is 5.46. The van der Waals surface area contributed by atoms with E-state index >= 15 is 0 Å². The van der Waals surface area contributed by atoms with Crippen LogP contribution in [0.25, 0.3) is 0 Å². The smallest absolute Gasteiger partial charge is 0.224 e. The normalized spacial score (nSPS) is 24.0.